The predicted octanol–water partition coefficient (Wildman–Crippen LogP) is 2.57. The van der Waals surface area contributed by atoms with Crippen LogP contribution in [0.5, 0.6) is 0 Å². The molecule has 0 saturated heterocycles. The maximum Gasteiger partial charge on any atom is 0.257 e. The number of amides is 1. The van der Waals surface area contributed by atoms with Crippen molar-refractivity contribution in [1.82, 2.24) is 15.5 Å². The predicted molar refractivity (Wildman–Crippen MR) is 86.9 cm³/mol. The van der Waals surface area contributed by atoms with E-state index in [1.165, 1.54) is 0 Å². The third-order valence-corrected chi connectivity index (χ3v) is 4.38. The van der Waals surface area contributed by atoms with Crippen LogP contribution in [0.1, 0.15) is 42.9 Å². The molecule has 23 heavy (non-hydrogen) atoms. The molecule has 0 spiro atoms. The summed E-state index contributed by atoms with van der Waals surface area (Å²) in [5, 5.41) is 16.2. The number of aliphatic hydroxyl groups is 1. The van der Waals surface area contributed by atoms with Gasteiger partial charge in [-0.15, -0.1) is 0 Å². The van der Waals surface area contributed by atoms with Gasteiger partial charge in [-0.1, -0.05) is 19.0 Å². The van der Waals surface area contributed by atoms with Gasteiger partial charge in [0.25, 0.3) is 11.8 Å². The van der Waals surface area contributed by atoms with Crippen LogP contribution in [-0.4, -0.2) is 34.3 Å². The molecule has 2 aromatic rings. The molecule has 0 fully saturated rings. The SMILES string of the molecule is CCC(CC)(CO)CNC(=O)c1ccc(-c2nc(C)no2)cc1. The summed E-state index contributed by atoms with van der Waals surface area (Å²) in [5.74, 6) is 0.852. The minimum Gasteiger partial charge on any atom is -0.396 e. The first-order valence-electron chi connectivity index (χ1n) is 7.83. The van der Waals surface area contributed by atoms with E-state index in [0.717, 1.165) is 18.4 Å². The second kappa shape index (κ2) is 7.37. The average Bonchev–Trinajstić information content (AvgIpc) is 3.03. The van der Waals surface area contributed by atoms with Crippen molar-refractivity contribution in [2.24, 2.45) is 5.41 Å². The first-order valence-corrected chi connectivity index (χ1v) is 7.83. The van der Waals surface area contributed by atoms with Crippen molar-refractivity contribution in [3.63, 3.8) is 0 Å². The monoisotopic (exact) mass is 317 g/mol. The van der Waals surface area contributed by atoms with Gasteiger partial charge in [-0.2, -0.15) is 4.98 Å². The molecule has 1 heterocycles. The van der Waals surface area contributed by atoms with Crippen molar-refractivity contribution in [1.29, 1.82) is 0 Å². The van der Waals surface area contributed by atoms with Gasteiger partial charge in [0.15, 0.2) is 5.82 Å². The van der Waals surface area contributed by atoms with Gasteiger partial charge in [0.05, 0.1) is 6.61 Å². The number of nitrogens with one attached hydrogen (secondary N) is 1. The summed E-state index contributed by atoms with van der Waals surface area (Å²) in [4.78, 5) is 16.4. The van der Waals surface area contributed by atoms with Gasteiger partial charge in [0.1, 0.15) is 0 Å². The molecular formula is C17H23N3O3. The maximum atomic E-state index is 12.2. The van der Waals surface area contributed by atoms with Crippen LogP contribution in [0.4, 0.5) is 0 Å². The van der Waals surface area contributed by atoms with Gasteiger partial charge in [-0.05, 0) is 44.0 Å². The first kappa shape index (κ1) is 17.1. The maximum absolute atomic E-state index is 12.2. The minimum atomic E-state index is -0.253. The van der Waals surface area contributed by atoms with Gasteiger partial charge in [0.2, 0.25) is 0 Å². The van der Waals surface area contributed by atoms with E-state index in [0.29, 0.717) is 23.8 Å². The Labute approximate surface area is 135 Å². The van der Waals surface area contributed by atoms with Gasteiger partial charge in [-0.25, -0.2) is 0 Å². The number of aromatic nitrogens is 2. The van der Waals surface area contributed by atoms with E-state index < -0.39 is 0 Å². The van der Waals surface area contributed by atoms with Gasteiger partial charge in [-0.3, -0.25) is 4.79 Å². The molecule has 6 heteroatoms. The molecule has 0 atom stereocenters. The number of nitrogens with zero attached hydrogens (tertiary/aromatic N) is 2. The molecule has 0 radical (unpaired) electrons. The molecule has 0 bridgehead atoms. The standard InChI is InChI=1S/C17H23N3O3/c1-4-17(5-2,11-21)10-18-15(22)13-6-8-14(9-7-13)16-19-12(3)20-23-16/h6-9,21H,4-5,10-11H2,1-3H3,(H,18,22). The van der Waals surface area contributed by atoms with E-state index in [1.807, 2.05) is 13.8 Å². The number of aryl methyl sites for hydroxylation is 1. The molecule has 0 aliphatic carbocycles. The Morgan fingerprint density at radius 1 is 1.26 bits per heavy atom. The molecule has 1 aromatic carbocycles. The second-order valence-electron chi connectivity index (χ2n) is 5.77. The van der Waals surface area contributed by atoms with Crippen LogP contribution in [0.15, 0.2) is 28.8 Å². The number of hydrogen-bond donors (Lipinski definition) is 2. The molecule has 0 unspecified atom stereocenters. The summed E-state index contributed by atoms with van der Waals surface area (Å²) in [6.07, 6.45) is 1.63. The summed E-state index contributed by atoms with van der Waals surface area (Å²) in [6.45, 7) is 6.32. The highest BCUT2D eigenvalue weighted by molar-refractivity contribution is 5.94. The lowest BCUT2D eigenvalue weighted by Crippen LogP contribution is -2.39. The van der Waals surface area contributed by atoms with E-state index in [1.54, 1.807) is 31.2 Å². The molecule has 124 valence electrons. The topological polar surface area (TPSA) is 88.2 Å². The van der Waals surface area contributed by atoms with Crippen molar-refractivity contribution in [3.8, 4) is 11.5 Å². The number of carbonyl (C=O) groups excluding carboxylic acids is 1. The quantitative estimate of drug-likeness (QED) is 0.819. The Balaban J connectivity index is 2.03. The van der Waals surface area contributed by atoms with Crippen molar-refractivity contribution in [2.75, 3.05) is 13.2 Å². The second-order valence-corrected chi connectivity index (χ2v) is 5.77. The van der Waals surface area contributed by atoms with Crippen LogP contribution in [0.25, 0.3) is 11.5 Å². The molecule has 0 aliphatic heterocycles. The number of rotatable bonds is 7. The molecule has 0 aliphatic rings. The number of carbonyl (C=O) groups is 1. The fourth-order valence-corrected chi connectivity index (χ4v) is 2.33. The Bertz CT molecular complexity index is 637. The van der Waals surface area contributed by atoms with E-state index in [-0.39, 0.29) is 17.9 Å². The number of hydrogen-bond acceptors (Lipinski definition) is 5. The third-order valence-electron chi connectivity index (χ3n) is 4.38. The Kier molecular flexibility index (Phi) is 5.50. The van der Waals surface area contributed by atoms with Crippen LogP contribution < -0.4 is 5.32 Å². The average molecular weight is 317 g/mol. The summed E-state index contributed by atoms with van der Waals surface area (Å²) in [6, 6.07) is 7.01. The zero-order chi connectivity index (χ0) is 16.9. The summed E-state index contributed by atoms with van der Waals surface area (Å²) < 4.78 is 5.10. The highest BCUT2D eigenvalue weighted by Gasteiger charge is 2.25. The van der Waals surface area contributed by atoms with E-state index in [2.05, 4.69) is 15.5 Å². The molecule has 6 nitrogen and oxygen atoms in total. The van der Waals surface area contributed by atoms with Crippen molar-refractivity contribution >= 4 is 5.91 Å². The van der Waals surface area contributed by atoms with E-state index in [4.69, 9.17) is 4.52 Å². The van der Waals surface area contributed by atoms with Gasteiger partial charge < -0.3 is 14.9 Å². The Hall–Kier alpha value is -2.21. The van der Waals surface area contributed by atoms with Crippen molar-refractivity contribution in [3.05, 3.63) is 35.7 Å². The fraction of sp³-hybridized carbons (Fsp3) is 0.471. The highest BCUT2D eigenvalue weighted by atomic mass is 16.5. The smallest absolute Gasteiger partial charge is 0.257 e. The summed E-state index contributed by atoms with van der Waals surface area (Å²) in [7, 11) is 0. The Morgan fingerprint density at radius 3 is 2.39 bits per heavy atom. The van der Waals surface area contributed by atoms with E-state index >= 15 is 0 Å². The van der Waals surface area contributed by atoms with Crippen LogP contribution in [0.3, 0.4) is 0 Å². The molecular weight excluding hydrogens is 294 g/mol. The molecule has 2 N–H and O–H groups in total. The van der Waals surface area contributed by atoms with Crippen LogP contribution in [0.2, 0.25) is 0 Å². The Morgan fingerprint density at radius 2 is 1.91 bits per heavy atom. The number of benzene rings is 1. The van der Waals surface area contributed by atoms with Crippen LogP contribution >= 0.6 is 0 Å². The molecule has 2 rings (SSSR count). The highest BCUT2D eigenvalue weighted by Crippen LogP contribution is 2.24. The minimum absolute atomic E-state index is 0.0652. The largest absolute Gasteiger partial charge is 0.396 e. The summed E-state index contributed by atoms with van der Waals surface area (Å²) >= 11 is 0. The lowest BCUT2D eigenvalue weighted by Gasteiger charge is -2.29. The normalized spacial score (nSPS) is 11.5. The van der Waals surface area contributed by atoms with Gasteiger partial charge >= 0.3 is 0 Å². The number of aliphatic hydroxyl groups excluding tert-OH is 1. The molecule has 1 aromatic heterocycles. The van der Waals surface area contributed by atoms with Crippen LogP contribution in [0, 0.1) is 12.3 Å². The fourth-order valence-electron chi connectivity index (χ4n) is 2.33. The van der Waals surface area contributed by atoms with Gasteiger partial charge in [0, 0.05) is 23.1 Å². The first-order chi connectivity index (χ1) is 11.0. The lowest BCUT2D eigenvalue weighted by molar-refractivity contribution is 0.0851. The third kappa shape index (κ3) is 3.96. The van der Waals surface area contributed by atoms with Crippen molar-refractivity contribution in [2.45, 2.75) is 33.6 Å². The molecule has 1 amide bonds. The lowest BCUT2D eigenvalue weighted by atomic mass is 9.83. The summed E-state index contributed by atoms with van der Waals surface area (Å²) in [5.41, 5.74) is 1.08. The van der Waals surface area contributed by atoms with Crippen molar-refractivity contribution < 1.29 is 14.4 Å². The van der Waals surface area contributed by atoms with E-state index in [9.17, 15) is 9.90 Å². The zero-order valence-electron chi connectivity index (χ0n) is 13.8. The molecule has 0 saturated carbocycles. The van der Waals surface area contributed by atoms with Crippen LogP contribution in [-0.2, 0) is 0 Å². The zero-order valence-corrected chi connectivity index (χ0v) is 13.8.